The Balaban J connectivity index is 2.04. The van der Waals surface area contributed by atoms with Crippen LogP contribution in [0.5, 0.6) is 0 Å². The second-order valence-electron chi connectivity index (χ2n) is 5.04. The molecule has 3 rings (SSSR count). The molecule has 0 unspecified atom stereocenters. The normalized spacial score (nSPS) is 19.1. The summed E-state index contributed by atoms with van der Waals surface area (Å²) in [6.07, 6.45) is 4.02. The summed E-state index contributed by atoms with van der Waals surface area (Å²) in [5.74, 6) is 0. The number of rotatable bonds is 1. The van der Waals surface area contributed by atoms with E-state index in [-0.39, 0.29) is 6.10 Å². The van der Waals surface area contributed by atoms with Gasteiger partial charge in [0.25, 0.3) is 0 Å². The van der Waals surface area contributed by atoms with E-state index >= 15 is 0 Å². The molecule has 0 radical (unpaired) electrons. The van der Waals surface area contributed by atoms with Gasteiger partial charge in [0.15, 0.2) is 0 Å². The zero-order valence-corrected chi connectivity index (χ0v) is 10.5. The second-order valence-corrected chi connectivity index (χ2v) is 5.04. The van der Waals surface area contributed by atoms with Crippen LogP contribution in [0, 0.1) is 0 Å². The zero-order chi connectivity index (χ0) is 12.4. The molecule has 1 aliphatic carbocycles. The van der Waals surface area contributed by atoms with Gasteiger partial charge in [-0.2, -0.15) is 0 Å². The van der Waals surface area contributed by atoms with Crippen LogP contribution >= 0.6 is 0 Å². The van der Waals surface area contributed by atoms with Crippen LogP contribution in [0.15, 0.2) is 48.5 Å². The molecular weight excluding hydrogens is 220 g/mol. The third-order valence-corrected chi connectivity index (χ3v) is 3.79. The highest BCUT2D eigenvalue weighted by Gasteiger charge is 2.16. The molecule has 0 spiro atoms. The first-order valence-electron chi connectivity index (χ1n) is 6.71. The minimum absolute atomic E-state index is 0.286. The van der Waals surface area contributed by atoms with E-state index in [4.69, 9.17) is 0 Å². The van der Waals surface area contributed by atoms with Gasteiger partial charge >= 0.3 is 0 Å². The van der Waals surface area contributed by atoms with Gasteiger partial charge in [-0.05, 0) is 47.6 Å². The van der Waals surface area contributed by atoms with Crippen LogP contribution in [-0.2, 0) is 6.42 Å². The fourth-order valence-electron chi connectivity index (χ4n) is 2.75. The summed E-state index contributed by atoms with van der Waals surface area (Å²) in [6, 6.07) is 16.9. The molecule has 2 aromatic carbocycles. The quantitative estimate of drug-likeness (QED) is 0.741. The highest BCUT2D eigenvalue weighted by atomic mass is 16.3. The van der Waals surface area contributed by atoms with Gasteiger partial charge in [-0.3, -0.25) is 0 Å². The van der Waals surface area contributed by atoms with Gasteiger partial charge in [-0.1, -0.05) is 48.9 Å². The molecule has 1 N–H and O–H groups in total. The first-order chi connectivity index (χ1) is 8.84. The highest BCUT2D eigenvalue weighted by molar-refractivity contribution is 5.65. The van der Waals surface area contributed by atoms with Crippen molar-refractivity contribution in [2.24, 2.45) is 0 Å². The van der Waals surface area contributed by atoms with Crippen LogP contribution in [0.1, 0.15) is 36.5 Å². The molecule has 0 amide bonds. The van der Waals surface area contributed by atoms with E-state index in [9.17, 15) is 5.11 Å². The van der Waals surface area contributed by atoms with Crippen molar-refractivity contribution < 1.29 is 5.11 Å². The van der Waals surface area contributed by atoms with E-state index in [2.05, 4.69) is 42.5 Å². The third kappa shape index (κ3) is 2.19. The molecule has 1 aliphatic rings. The van der Waals surface area contributed by atoms with Gasteiger partial charge in [-0.15, -0.1) is 0 Å². The van der Waals surface area contributed by atoms with Crippen molar-refractivity contribution in [2.75, 3.05) is 0 Å². The Morgan fingerprint density at radius 2 is 1.72 bits per heavy atom. The number of aliphatic hydroxyl groups excluding tert-OH is 1. The molecule has 0 bridgehead atoms. The van der Waals surface area contributed by atoms with Crippen LogP contribution in [0.25, 0.3) is 11.1 Å². The average molecular weight is 238 g/mol. The summed E-state index contributed by atoms with van der Waals surface area (Å²) < 4.78 is 0. The standard InChI is InChI=1S/C17H18O/c18-17-9-5-4-8-14-10-11-15(12-16(14)17)13-6-2-1-3-7-13/h1-3,6-7,10-12,17-18H,4-5,8-9H2/t17-/m1/s1. The summed E-state index contributed by atoms with van der Waals surface area (Å²) in [7, 11) is 0. The lowest BCUT2D eigenvalue weighted by Gasteiger charge is -2.13. The van der Waals surface area contributed by atoms with Crippen molar-refractivity contribution in [3.8, 4) is 11.1 Å². The number of hydrogen-bond donors (Lipinski definition) is 1. The Hall–Kier alpha value is -1.60. The number of hydrogen-bond acceptors (Lipinski definition) is 1. The lowest BCUT2D eigenvalue weighted by atomic mass is 9.95. The van der Waals surface area contributed by atoms with Gasteiger partial charge in [0.1, 0.15) is 0 Å². The third-order valence-electron chi connectivity index (χ3n) is 3.79. The van der Waals surface area contributed by atoms with Crippen LogP contribution in [0.3, 0.4) is 0 Å². The van der Waals surface area contributed by atoms with Crippen LogP contribution in [-0.4, -0.2) is 5.11 Å². The van der Waals surface area contributed by atoms with E-state index in [0.717, 1.165) is 24.8 Å². The highest BCUT2D eigenvalue weighted by Crippen LogP contribution is 2.32. The van der Waals surface area contributed by atoms with E-state index in [1.54, 1.807) is 0 Å². The summed E-state index contributed by atoms with van der Waals surface area (Å²) in [5, 5.41) is 10.2. The van der Waals surface area contributed by atoms with Crippen molar-refractivity contribution in [3.05, 3.63) is 59.7 Å². The zero-order valence-electron chi connectivity index (χ0n) is 10.5. The number of aliphatic hydroxyl groups is 1. The van der Waals surface area contributed by atoms with Crippen molar-refractivity contribution >= 4 is 0 Å². The van der Waals surface area contributed by atoms with Gasteiger partial charge in [-0.25, -0.2) is 0 Å². The summed E-state index contributed by atoms with van der Waals surface area (Å²) in [5.41, 5.74) is 4.88. The Morgan fingerprint density at radius 1 is 0.889 bits per heavy atom. The average Bonchev–Trinajstić information content (AvgIpc) is 2.62. The number of aryl methyl sites for hydroxylation is 1. The summed E-state index contributed by atoms with van der Waals surface area (Å²) in [6.45, 7) is 0. The molecule has 0 fully saturated rings. The van der Waals surface area contributed by atoms with Gasteiger partial charge in [0.05, 0.1) is 6.10 Å². The number of benzene rings is 2. The Labute approximate surface area is 108 Å². The Morgan fingerprint density at radius 3 is 2.56 bits per heavy atom. The van der Waals surface area contributed by atoms with Crippen molar-refractivity contribution in [3.63, 3.8) is 0 Å². The maximum Gasteiger partial charge on any atom is 0.0792 e. The molecule has 2 aromatic rings. The maximum atomic E-state index is 10.2. The van der Waals surface area contributed by atoms with Gasteiger partial charge in [0, 0.05) is 0 Å². The minimum Gasteiger partial charge on any atom is -0.388 e. The van der Waals surface area contributed by atoms with Crippen molar-refractivity contribution in [1.29, 1.82) is 0 Å². The van der Waals surface area contributed by atoms with Crippen LogP contribution in [0.2, 0.25) is 0 Å². The van der Waals surface area contributed by atoms with Crippen LogP contribution < -0.4 is 0 Å². The lowest BCUT2D eigenvalue weighted by molar-refractivity contribution is 0.166. The van der Waals surface area contributed by atoms with Crippen LogP contribution in [0.4, 0.5) is 0 Å². The molecule has 0 saturated carbocycles. The smallest absolute Gasteiger partial charge is 0.0792 e. The maximum absolute atomic E-state index is 10.2. The minimum atomic E-state index is -0.286. The van der Waals surface area contributed by atoms with E-state index in [0.29, 0.717) is 0 Å². The Kier molecular flexibility index (Phi) is 3.16. The number of fused-ring (bicyclic) bond motifs is 1. The molecular formula is C17H18O. The molecule has 1 nitrogen and oxygen atoms in total. The molecule has 0 aliphatic heterocycles. The second kappa shape index (κ2) is 4.95. The largest absolute Gasteiger partial charge is 0.388 e. The predicted molar refractivity (Wildman–Crippen MR) is 74.4 cm³/mol. The van der Waals surface area contributed by atoms with Crippen molar-refractivity contribution in [1.82, 2.24) is 0 Å². The molecule has 18 heavy (non-hydrogen) atoms. The molecule has 0 heterocycles. The molecule has 1 atom stereocenters. The van der Waals surface area contributed by atoms with Gasteiger partial charge < -0.3 is 5.11 Å². The molecule has 92 valence electrons. The fraction of sp³-hybridized carbons (Fsp3) is 0.294. The van der Waals surface area contributed by atoms with Crippen molar-refractivity contribution in [2.45, 2.75) is 31.8 Å². The topological polar surface area (TPSA) is 20.2 Å². The monoisotopic (exact) mass is 238 g/mol. The SMILES string of the molecule is O[C@@H]1CCCCc2ccc(-c3ccccc3)cc21. The lowest BCUT2D eigenvalue weighted by Crippen LogP contribution is -1.99. The summed E-state index contributed by atoms with van der Waals surface area (Å²) >= 11 is 0. The predicted octanol–water partition coefficient (Wildman–Crippen LogP) is 4.11. The fourth-order valence-corrected chi connectivity index (χ4v) is 2.75. The van der Waals surface area contributed by atoms with E-state index < -0.39 is 0 Å². The van der Waals surface area contributed by atoms with E-state index in [1.165, 1.54) is 23.1 Å². The molecule has 1 heteroatoms. The molecule has 0 aromatic heterocycles. The summed E-state index contributed by atoms with van der Waals surface area (Å²) in [4.78, 5) is 0. The first-order valence-corrected chi connectivity index (χ1v) is 6.71. The van der Waals surface area contributed by atoms with Gasteiger partial charge in [0.2, 0.25) is 0 Å². The Bertz CT molecular complexity index is 531. The van der Waals surface area contributed by atoms with E-state index in [1.807, 2.05) is 6.07 Å². The first kappa shape index (κ1) is 11.5. The molecule has 0 saturated heterocycles.